The first-order valence-electron chi connectivity index (χ1n) is 7.32. The van der Waals surface area contributed by atoms with Gasteiger partial charge in [-0.2, -0.15) is 5.26 Å². The summed E-state index contributed by atoms with van der Waals surface area (Å²) < 4.78 is 10.8. The van der Waals surface area contributed by atoms with Gasteiger partial charge in [0.2, 0.25) is 0 Å². The van der Waals surface area contributed by atoms with Crippen LogP contribution < -0.4 is 10.1 Å². The third-order valence-electron chi connectivity index (χ3n) is 3.12. The molecule has 0 aliphatic heterocycles. The second-order valence-electron chi connectivity index (χ2n) is 4.74. The Bertz CT molecular complexity index is 707. The van der Waals surface area contributed by atoms with Gasteiger partial charge in [0, 0.05) is 17.9 Å². The normalized spacial score (nSPS) is 9.91. The number of hydrogen-bond donors (Lipinski definition) is 1. The highest BCUT2D eigenvalue weighted by Gasteiger charge is 2.09. The highest BCUT2D eigenvalue weighted by molar-refractivity contribution is 5.92. The summed E-state index contributed by atoms with van der Waals surface area (Å²) in [5.74, 6) is 0.106. The highest BCUT2D eigenvalue weighted by atomic mass is 16.5. The second-order valence-corrected chi connectivity index (χ2v) is 4.74. The van der Waals surface area contributed by atoms with Crippen LogP contribution in [0.4, 0.5) is 5.69 Å². The molecule has 0 saturated carbocycles. The number of ether oxygens (including phenoxy) is 2. The lowest BCUT2D eigenvalue weighted by Gasteiger charge is -2.12. The molecule has 23 heavy (non-hydrogen) atoms. The van der Waals surface area contributed by atoms with E-state index in [2.05, 4.69) is 5.32 Å². The predicted octanol–water partition coefficient (Wildman–Crippen LogP) is 3.11. The van der Waals surface area contributed by atoms with Crippen LogP contribution in [0.1, 0.15) is 18.1 Å². The lowest BCUT2D eigenvalue weighted by molar-refractivity contribution is -0.118. The third kappa shape index (κ3) is 4.83. The van der Waals surface area contributed by atoms with Crippen LogP contribution in [-0.4, -0.2) is 19.1 Å². The Labute approximate surface area is 135 Å². The number of anilines is 1. The summed E-state index contributed by atoms with van der Waals surface area (Å²) in [4.78, 5) is 12.1. The quantitative estimate of drug-likeness (QED) is 0.853. The minimum atomic E-state index is -0.290. The van der Waals surface area contributed by atoms with Gasteiger partial charge in [0.05, 0.1) is 12.2 Å². The van der Waals surface area contributed by atoms with Crippen molar-refractivity contribution in [2.75, 3.05) is 18.5 Å². The second kappa shape index (κ2) is 8.57. The van der Waals surface area contributed by atoms with Gasteiger partial charge in [-0.05, 0) is 25.1 Å². The summed E-state index contributed by atoms with van der Waals surface area (Å²) in [6.07, 6.45) is 0. The Morgan fingerprint density at radius 3 is 2.70 bits per heavy atom. The molecule has 2 aromatic carbocycles. The van der Waals surface area contributed by atoms with E-state index in [0.29, 0.717) is 30.2 Å². The zero-order chi connectivity index (χ0) is 16.5. The molecular formula is C18H18N2O3. The van der Waals surface area contributed by atoms with Crippen molar-refractivity contribution in [1.82, 2.24) is 0 Å². The minimum absolute atomic E-state index is 0.165. The van der Waals surface area contributed by atoms with Gasteiger partial charge in [-0.1, -0.05) is 30.3 Å². The highest BCUT2D eigenvalue weighted by Crippen LogP contribution is 2.18. The average Bonchev–Trinajstić information content (AvgIpc) is 2.59. The van der Waals surface area contributed by atoms with Crippen molar-refractivity contribution in [2.24, 2.45) is 0 Å². The largest absolute Gasteiger partial charge is 0.482 e. The number of hydrogen-bond acceptors (Lipinski definition) is 4. The van der Waals surface area contributed by atoms with Gasteiger partial charge in [0.25, 0.3) is 5.91 Å². The number of nitriles is 1. The number of rotatable bonds is 7. The predicted molar refractivity (Wildman–Crippen MR) is 87.1 cm³/mol. The standard InChI is InChI=1S/C18H18N2O3/c1-2-22-12-15-8-3-5-9-16(15)20-18(21)13-23-17-10-6-4-7-14(17)11-19/h3-10H,2,12-13H2,1H3,(H,20,21). The topological polar surface area (TPSA) is 71.3 Å². The number of amides is 1. The van der Waals surface area contributed by atoms with Crippen molar-refractivity contribution in [3.05, 3.63) is 59.7 Å². The maximum absolute atomic E-state index is 12.1. The van der Waals surface area contributed by atoms with E-state index >= 15 is 0 Å². The van der Waals surface area contributed by atoms with Crippen molar-refractivity contribution < 1.29 is 14.3 Å². The van der Waals surface area contributed by atoms with Gasteiger partial charge < -0.3 is 14.8 Å². The van der Waals surface area contributed by atoms with Gasteiger partial charge in [-0.25, -0.2) is 0 Å². The molecule has 0 radical (unpaired) electrons. The van der Waals surface area contributed by atoms with Crippen molar-refractivity contribution in [2.45, 2.75) is 13.5 Å². The number of benzene rings is 2. The minimum Gasteiger partial charge on any atom is -0.482 e. The number of nitrogens with one attached hydrogen (secondary N) is 1. The first-order chi connectivity index (χ1) is 11.2. The first-order valence-corrected chi connectivity index (χ1v) is 7.32. The lowest BCUT2D eigenvalue weighted by atomic mass is 10.2. The van der Waals surface area contributed by atoms with E-state index in [9.17, 15) is 4.79 Å². The summed E-state index contributed by atoms with van der Waals surface area (Å²) in [5, 5.41) is 11.8. The average molecular weight is 310 g/mol. The molecule has 2 rings (SSSR count). The molecular weight excluding hydrogens is 292 g/mol. The summed E-state index contributed by atoms with van der Waals surface area (Å²) in [6, 6.07) is 16.3. The fourth-order valence-electron chi connectivity index (χ4n) is 1.99. The summed E-state index contributed by atoms with van der Waals surface area (Å²) in [6.45, 7) is 2.80. The molecule has 0 aromatic heterocycles. The maximum Gasteiger partial charge on any atom is 0.262 e. The van der Waals surface area contributed by atoms with E-state index in [1.165, 1.54) is 0 Å². The molecule has 0 heterocycles. The van der Waals surface area contributed by atoms with E-state index in [1.54, 1.807) is 24.3 Å². The number of carbonyl (C=O) groups excluding carboxylic acids is 1. The van der Waals surface area contributed by atoms with Gasteiger partial charge in [-0.15, -0.1) is 0 Å². The third-order valence-corrected chi connectivity index (χ3v) is 3.12. The zero-order valence-electron chi connectivity index (χ0n) is 12.9. The van der Waals surface area contributed by atoms with Crippen molar-refractivity contribution >= 4 is 11.6 Å². The maximum atomic E-state index is 12.1. The molecule has 0 unspecified atom stereocenters. The molecule has 0 fully saturated rings. The fraction of sp³-hybridized carbons (Fsp3) is 0.222. The van der Waals surface area contributed by atoms with Gasteiger partial charge >= 0.3 is 0 Å². The molecule has 5 heteroatoms. The van der Waals surface area contributed by atoms with Crippen LogP contribution in [-0.2, 0) is 16.1 Å². The molecule has 0 atom stereocenters. The van der Waals surface area contributed by atoms with Crippen LogP contribution >= 0.6 is 0 Å². The molecule has 1 amide bonds. The molecule has 0 bridgehead atoms. The number of nitrogens with zero attached hydrogens (tertiary/aromatic N) is 1. The van der Waals surface area contributed by atoms with Gasteiger partial charge in [-0.3, -0.25) is 4.79 Å². The summed E-state index contributed by atoms with van der Waals surface area (Å²) in [7, 11) is 0. The van der Waals surface area contributed by atoms with Crippen LogP contribution in [0.15, 0.2) is 48.5 Å². The van der Waals surface area contributed by atoms with E-state index in [1.807, 2.05) is 37.3 Å². The lowest BCUT2D eigenvalue weighted by Crippen LogP contribution is -2.21. The summed E-state index contributed by atoms with van der Waals surface area (Å²) in [5.41, 5.74) is 2.00. The van der Waals surface area contributed by atoms with E-state index < -0.39 is 0 Å². The van der Waals surface area contributed by atoms with Crippen LogP contribution in [0, 0.1) is 11.3 Å². The van der Waals surface area contributed by atoms with Crippen molar-refractivity contribution in [3.8, 4) is 11.8 Å². The molecule has 0 aliphatic rings. The van der Waals surface area contributed by atoms with Crippen LogP contribution in [0.25, 0.3) is 0 Å². The van der Waals surface area contributed by atoms with Crippen LogP contribution in [0.5, 0.6) is 5.75 Å². The number of carbonyl (C=O) groups is 1. The van der Waals surface area contributed by atoms with Crippen molar-refractivity contribution in [3.63, 3.8) is 0 Å². The Morgan fingerprint density at radius 2 is 1.91 bits per heavy atom. The van der Waals surface area contributed by atoms with E-state index in [-0.39, 0.29) is 12.5 Å². The Kier molecular flexibility index (Phi) is 6.16. The van der Waals surface area contributed by atoms with E-state index in [4.69, 9.17) is 14.7 Å². The molecule has 0 aliphatic carbocycles. The molecule has 1 N–H and O–H groups in total. The first kappa shape index (κ1) is 16.5. The molecule has 5 nitrogen and oxygen atoms in total. The van der Waals surface area contributed by atoms with Gasteiger partial charge in [0.1, 0.15) is 11.8 Å². The molecule has 0 saturated heterocycles. The molecule has 2 aromatic rings. The zero-order valence-corrected chi connectivity index (χ0v) is 12.9. The summed E-state index contributed by atoms with van der Waals surface area (Å²) >= 11 is 0. The van der Waals surface area contributed by atoms with Crippen LogP contribution in [0.2, 0.25) is 0 Å². The fourth-order valence-corrected chi connectivity index (χ4v) is 1.99. The number of para-hydroxylation sites is 2. The molecule has 0 spiro atoms. The Morgan fingerprint density at radius 1 is 1.17 bits per heavy atom. The monoisotopic (exact) mass is 310 g/mol. The van der Waals surface area contributed by atoms with E-state index in [0.717, 1.165) is 5.56 Å². The van der Waals surface area contributed by atoms with Crippen molar-refractivity contribution in [1.29, 1.82) is 5.26 Å². The van der Waals surface area contributed by atoms with Gasteiger partial charge in [0.15, 0.2) is 6.61 Å². The molecule has 118 valence electrons. The Balaban J connectivity index is 1.96. The SMILES string of the molecule is CCOCc1ccccc1NC(=O)COc1ccccc1C#N. The Hall–Kier alpha value is -2.84. The smallest absolute Gasteiger partial charge is 0.262 e. The van der Waals surface area contributed by atoms with Crippen LogP contribution in [0.3, 0.4) is 0 Å².